The highest BCUT2D eigenvalue weighted by Gasteiger charge is 2.30. The van der Waals surface area contributed by atoms with Crippen LogP contribution in [0.2, 0.25) is 0 Å². The van der Waals surface area contributed by atoms with Crippen LogP contribution in [0, 0.1) is 28.5 Å². The number of rotatable bonds is 4. The molecule has 0 aliphatic heterocycles. The number of nitriles is 2. The molecule has 1 aliphatic rings. The fraction of sp³-hybridized carbons (Fsp3) is 0.280. The maximum absolute atomic E-state index is 13.6. The van der Waals surface area contributed by atoms with Crippen molar-refractivity contribution in [1.82, 2.24) is 19.4 Å². The van der Waals surface area contributed by atoms with Crippen LogP contribution in [0.4, 0.5) is 4.39 Å². The molecule has 9 heteroatoms. The molecule has 34 heavy (non-hydrogen) atoms. The molecule has 0 unspecified atom stereocenters. The number of benzene rings is 1. The van der Waals surface area contributed by atoms with Crippen LogP contribution in [0.15, 0.2) is 58.8 Å². The highest BCUT2D eigenvalue weighted by atomic mass is 32.2. The van der Waals surface area contributed by atoms with Crippen molar-refractivity contribution in [2.45, 2.75) is 54.0 Å². The second kappa shape index (κ2) is 8.60. The summed E-state index contributed by atoms with van der Waals surface area (Å²) in [5.74, 6) is -0.474. The van der Waals surface area contributed by atoms with E-state index in [0.29, 0.717) is 16.0 Å². The van der Waals surface area contributed by atoms with Gasteiger partial charge in [0, 0.05) is 33.3 Å². The summed E-state index contributed by atoms with van der Waals surface area (Å²) >= 11 is 1.30. The summed E-state index contributed by atoms with van der Waals surface area (Å²) in [6.45, 7) is 1.88. The Morgan fingerprint density at radius 3 is 2.53 bits per heavy atom. The lowest BCUT2D eigenvalue weighted by atomic mass is 9.84. The van der Waals surface area contributed by atoms with Gasteiger partial charge in [-0.25, -0.2) is 8.91 Å². The van der Waals surface area contributed by atoms with Gasteiger partial charge in [0.15, 0.2) is 0 Å². The van der Waals surface area contributed by atoms with Crippen LogP contribution in [0.25, 0.3) is 16.6 Å². The topological polar surface area (TPSA) is 103 Å². The van der Waals surface area contributed by atoms with Crippen molar-refractivity contribution in [2.24, 2.45) is 0 Å². The fourth-order valence-corrected chi connectivity index (χ4v) is 5.45. The monoisotopic (exact) mass is 472 g/mol. The Hall–Kier alpha value is -3.66. The summed E-state index contributed by atoms with van der Waals surface area (Å²) in [5, 5.41) is 38.2. The van der Waals surface area contributed by atoms with Gasteiger partial charge in [-0.1, -0.05) is 11.8 Å². The van der Waals surface area contributed by atoms with Gasteiger partial charge in [-0.05, 0) is 56.9 Å². The maximum atomic E-state index is 13.6. The standard InChI is InChI=1S/C25H21FN6OS/c1-25(33)6-4-21(5-7-25)31-15-19(13-29-31)17-9-23(24-18(11-28)12-30-32(24)14-17)34-22-3-2-20(26)8-16(22)10-27/h2-3,8-9,12-15,21,33H,4-7H2,1H3. The summed E-state index contributed by atoms with van der Waals surface area (Å²) in [4.78, 5) is 1.33. The van der Waals surface area contributed by atoms with Crippen molar-refractivity contribution in [1.29, 1.82) is 10.5 Å². The van der Waals surface area contributed by atoms with Gasteiger partial charge in [0.1, 0.15) is 18.0 Å². The van der Waals surface area contributed by atoms with Gasteiger partial charge in [-0.15, -0.1) is 0 Å². The molecule has 1 N–H and O–H groups in total. The lowest BCUT2D eigenvalue weighted by molar-refractivity contribution is 0.00852. The second-order valence-electron chi connectivity index (χ2n) is 8.85. The van der Waals surface area contributed by atoms with E-state index in [1.54, 1.807) is 16.8 Å². The van der Waals surface area contributed by atoms with Crippen LogP contribution >= 0.6 is 11.8 Å². The Bertz CT molecular complexity index is 1470. The third-order valence-corrected chi connectivity index (χ3v) is 7.43. The van der Waals surface area contributed by atoms with Crippen molar-refractivity contribution in [2.75, 3.05) is 0 Å². The number of aliphatic hydroxyl groups is 1. The largest absolute Gasteiger partial charge is 0.390 e. The number of aromatic nitrogens is 4. The summed E-state index contributed by atoms with van der Waals surface area (Å²) in [6, 6.07) is 10.5. The molecule has 0 bridgehead atoms. The Labute approximate surface area is 200 Å². The minimum absolute atomic E-state index is 0.229. The number of fused-ring (bicyclic) bond motifs is 1. The van der Waals surface area contributed by atoms with E-state index in [-0.39, 0.29) is 11.6 Å². The maximum Gasteiger partial charge on any atom is 0.124 e. The predicted molar refractivity (Wildman–Crippen MR) is 124 cm³/mol. The van der Waals surface area contributed by atoms with Gasteiger partial charge in [0.25, 0.3) is 0 Å². The van der Waals surface area contributed by atoms with Crippen LogP contribution in [-0.4, -0.2) is 30.1 Å². The minimum Gasteiger partial charge on any atom is -0.390 e. The molecule has 1 saturated carbocycles. The molecule has 3 aromatic heterocycles. The van der Waals surface area contributed by atoms with Crippen LogP contribution < -0.4 is 0 Å². The van der Waals surface area contributed by atoms with Crippen molar-refractivity contribution in [3.63, 3.8) is 0 Å². The lowest BCUT2D eigenvalue weighted by Gasteiger charge is -2.33. The van der Waals surface area contributed by atoms with E-state index < -0.39 is 11.4 Å². The molecule has 1 aliphatic carbocycles. The normalized spacial score (nSPS) is 20.2. The van der Waals surface area contributed by atoms with E-state index in [0.717, 1.165) is 41.7 Å². The molecule has 1 aromatic carbocycles. The molecule has 0 amide bonds. The molecule has 7 nitrogen and oxygen atoms in total. The molecule has 3 heterocycles. The summed E-state index contributed by atoms with van der Waals surface area (Å²) in [5.41, 5.74) is 2.43. The van der Waals surface area contributed by atoms with E-state index in [2.05, 4.69) is 16.3 Å². The van der Waals surface area contributed by atoms with Crippen molar-refractivity contribution in [3.05, 3.63) is 66.0 Å². The van der Waals surface area contributed by atoms with E-state index in [1.165, 1.54) is 30.1 Å². The number of halogens is 1. The quantitative estimate of drug-likeness (QED) is 0.443. The summed E-state index contributed by atoms with van der Waals surface area (Å²) in [7, 11) is 0. The number of hydrogen-bond acceptors (Lipinski definition) is 6. The Morgan fingerprint density at radius 2 is 1.79 bits per heavy atom. The van der Waals surface area contributed by atoms with Gasteiger partial charge in [0.05, 0.1) is 40.7 Å². The molecule has 0 radical (unpaired) electrons. The first-order valence-electron chi connectivity index (χ1n) is 10.9. The van der Waals surface area contributed by atoms with Crippen LogP contribution in [0.5, 0.6) is 0 Å². The van der Waals surface area contributed by atoms with Gasteiger partial charge >= 0.3 is 0 Å². The molecular formula is C25H21FN6OS. The zero-order chi connectivity index (χ0) is 23.9. The molecule has 0 saturated heterocycles. The average molecular weight is 473 g/mol. The lowest BCUT2D eigenvalue weighted by Crippen LogP contribution is -2.31. The van der Waals surface area contributed by atoms with Gasteiger partial charge in [0.2, 0.25) is 0 Å². The highest BCUT2D eigenvalue weighted by molar-refractivity contribution is 7.99. The first-order chi connectivity index (χ1) is 16.4. The highest BCUT2D eigenvalue weighted by Crippen LogP contribution is 2.38. The second-order valence-corrected chi connectivity index (χ2v) is 9.93. The summed E-state index contributed by atoms with van der Waals surface area (Å²) < 4.78 is 17.2. The Balaban J connectivity index is 1.54. The van der Waals surface area contributed by atoms with E-state index in [1.807, 2.05) is 36.1 Å². The predicted octanol–water partition coefficient (Wildman–Crippen LogP) is 5.10. The molecule has 1 fully saturated rings. The molecule has 5 rings (SSSR count). The number of pyridine rings is 1. The molecule has 170 valence electrons. The third-order valence-electron chi connectivity index (χ3n) is 6.32. The number of nitrogens with zero attached hydrogens (tertiary/aromatic N) is 6. The Kier molecular flexibility index (Phi) is 5.60. The fourth-order valence-electron chi connectivity index (χ4n) is 4.37. The van der Waals surface area contributed by atoms with Crippen LogP contribution in [-0.2, 0) is 0 Å². The molecular weight excluding hydrogens is 451 g/mol. The van der Waals surface area contributed by atoms with Crippen molar-refractivity contribution >= 4 is 17.3 Å². The van der Waals surface area contributed by atoms with Gasteiger partial charge < -0.3 is 5.11 Å². The zero-order valence-electron chi connectivity index (χ0n) is 18.4. The van der Waals surface area contributed by atoms with Crippen LogP contribution in [0.1, 0.15) is 49.8 Å². The third kappa shape index (κ3) is 4.16. The first-order valence-corrected chi connectivity index (χ1v) is 11.7. The van der Waals surface area contributed by atoms with Crippen molar-refractivity contribution < 1.29 is 9.50 Å². The number of hydrogen-bond donors (Lipinski definition) is 1. The summed E-state index contributed by atoms with van der Waals surface area (Å²) in [6.07, 6.45) is 10.4. The molecule has 0 atom stereocenters. The van der Waals surface area contributed by atoms with E-state index in [4.69, 9.17) is 0 Å². The average Bonchev–Trinajstić information content (AvgIpc) is 3.47. The molecule has 0 spiro atoms. The van der Waals surface area contributed by atoms with Crippen LogP contribution in [0.3, 0.4) is 0 Å². The van der Waals surface area contributed by atoms with Gasteiger partial charge in [-0.2, -0.15) is 20.7 Å². The Morgan fingerprint density at radius 1 is 1.03 bits per heavy atom. The first kappa shape index (κ1) is 22.1. The van der Waals surface area contributed by atoms with E-state index >= 15 is 0 Å². The smallest absolute Gasteiger partial charge is 0.124 e. The minimum atomic E-state index is -0.606. The zero-order valence-corrected chi connectivity index (χ0v) is 19.3. The van der Waals surface area contributed by atoms with E-state index in [9.17, 15) is 20.0 Å². The van der Waals surface area contributed by atoms with Crippen molar-refractivity contribution in [3.8, 4) is 23.3 Å². The van der Waals surface area contributed by atoms with Gasteiger partial charge in [-0.3, -0.25) is 4.68 Å². The molecule has 4 aromatic rings. The SMILES string of the molecule is CC1(O)CCC(n2cc(-c3cc(Sc4ccc(F)cc4C#N)c4c(C#N)cnn4c3)cn2)CC1.